The molecule has 0 spiro atoms. The molecule has 1 atom stereocenters. The van der Waals surface area contributed by atoms with Gasteiger partial charge in [0.15, 0.2) is 0 Å². The second kappa shape index (κ2) is 4.96. The normalized spacial score (nSPS) is 23.7. The Labute approximate surface area is 103 Å². The molecule has 1 unspecified atom stereocenters. The van der Waals surface area contributed by atoms with Crippen molar-refractivity contribution >= 4 is 0 Å². The van der Waals surface area contributed by atoms with Crippen LogP contribution in [0.25, 0.3) is 0 Å². The highest BCUT2D eigenvalue weighted by Gasteiger charge is 2.32. The summed E-state index contributed by atoms with van der Waals surface area (Å²) >= 11 is 0. The van der Waals surface area contributed by atoms with Crippen LogP contribution in [0.3, 0.4) is 0 Å². The molecule has 1 fully saturated rings. The van der Waals surface area contributed by atoms with Crippen LogP contribution in [-0.4, -0.2) is 20.3 Å². The highest BCUT2D eigenvalue weighted by Crippen LogP contribution is 2.38. The molecular formula is C14H21NO2. The molecule has 94 valence electrons. The lowest BCUT2D eigenvalue weighted by atomic mass is 9.89. The summed E-state index contributed by atoms with van der Waals surface area (Å²) in [6.45, 7) is 6.00. The van der Waals surface area contributed by atoms with Crippen LogP contribution in [-0.2, 0) is 5.54 Å². The fraction of sp³-hybridized carbons (Fsp3) is 0.571. The van der Waals surface area contributed by atoms with Crippen molar-refractivity contribution in [2.45, 2.75) is 32.2 Å². The number of methoxy groups -OCH3 is 1. The molecule has 3 nitrogen and oxygen atoms in total. The van der Waals surface area contributed by atoms with Gasteiger partial charge in [0, 0.05) is 17.2 Å². The third kappa shape index (κ3) is 2.39. The Balaban J connectivity index is 2.37. The van der Waals surface area contributed by atoms with E-state index < -0.39 is 0 Å². The van der Waals surface area contributed by atoms with Crippen LogP contribution in [0.15, 0.2) is 18.2 Å². The Morgan fingerprint density at radius 1 is 1.41 bits per heavy atom. The molecule has 1 aliphatic heterocycles. The molecule has 1 aromatic rings. The molecule has 1 heterocycles. The van der Waals surface area contributed by atoms with E-state index in [2.05, 4.69) is 18.3 Å². The Morgan fingerprint density at radius 3 is 2.82 bits per heavy atom. The largest absolute Gasteiger partial charge is 0.497 e. The van der Waals surface area contributed by atoms with Gasteiger partial charge in [0.2, 0.25) is 0 Å². The van der Waals surface area contributed by atoms with Gasteiger partial charge in [-0.3, -0.25) is 0 Å². The van der Waals surface area contributed by atoms with E-state index in [1.54, 1.807) is 7.11 Å². The predicted octanol–water partition coefficient (Wildman–Crippen LogP) is 2.69. The smallest absolute Gasteiger partial charge is 0.128 e. The molecular weight excluding hydrogens is 214 g/mol. The van der Waals surface area contributed by atoms with Crippen molar-refractivity contribution < 1.29 is 9.47 Å². The zero-order valence-corrected chi connectivity index (χ0v) is 10.9. The molecule has 1 saturated heterocycles. The molecule has 0 aliphatic carbocycles. The summed E-state index contributed by atoms with van der Waals surface area (Å²) < 4.78 is 11.0. The van der Waals surface area contributed by atoms with Crippen LogP contribution in [0, 0.1) is 0 Å². The first-order valence-corrected chi connectivity index (χ1v) is 6.26. The van der Waals surface area contributed by atoms with Crippen molar-refractivity contribution in [3.05, 3.63) is 23.8 Å². The molecule has 1 aliphatic rings. The Bertz CT molecular complexity index is 384. The number of hydrogen-bond acceptors (Lipinski definition) is 3. The second-order valence-electron chi connectivity index (χ2n) is 4.66. The fourth-order valence-corrected chi connectivity index (χ4v) is 2.48. The highest BCUT2D eigenvalue weighted by atomic mass is 16.5. The first kappa shape index (κ1) is 12.2. The maximum Gasteiger partial charge on any atom is 0.128 e. The van der Waals surface area contributed by atoms with E-state index in [1.165, 1.54) is 12.0 Å². The summed E-state index contributed by atoms with van der Waals surface area (Å²) in [7, 11) is 1.68. The number of nitrogens with one attached hydrogen (secondary N) is 1. The Hall–Kier alpha value is -1.22. The molecule has 0 saturated carbocycles. The van der Waals surface area contributed by atoms with Crippen LogP contribution >= 0.6 is 0 Å². The minimum Gasteiger partial charge on any atom is -0.497 e. The van der Waals surface area contributed by atoms with Gasteiger partial charge in [-0.1, -0.05) is 0 Å². The summed E-state index contributed by atoms with van der Waals surface area (Å²) in [5, 5.41) is 3.56. The topological polar surface area (TPSA) is 30.5 Å². The van der Waals surface area contributed by atoms with Crippen molar-refractivity contribution in [1.29, 1.82) is 0 Å². The zero-order valence-electron chi connectivity index (χ0n) is 10.9. The van der Waals surface area contributed by atoms with Gasteiger partial charge in [-0.05, 0) is 45.4 Å². The summed E-state index contributed by atoms with van der Waals surface area (Å²) in [4.78, 5) is 0. The molecule has 1 aromatic carbocycles. The van der Waals surface area contributed by atoms with Crippen molar-refractivity contribution in [3.63, 3.8) is 0 Å². The molecule has 17 heavy (non-hydrogen) atoms. The molecule has 0 amide bonds. The number of hydrogen-bond donors (Lipinski definition) is 1. The monoisotopic (exact) mass is 235 g/mol. The van der Waals surface area contributed by atoms with Gasteiger partial charge in [-0.25, -0.2) is 0 Å². The minimum absolute atomic E-state index is 0.0385. The van der Waals surface area contributed by atoms with Crippen molar-refractivity contribution in [2.24, 2.45) is 0 Å². The molecule has 0 aromatic heterocycles. The minimum atomic E-state index is 0.0385. The Morgan fingerprint density at radius 2 is 2.24 bits per heavy atom. The van der Waals surface area contributed by atoms with Crippen LogP contribution < -0.4 is 14.8 Å². The molecule has 0 bridgehead atoms. The van der Waals surface area contributed by atoms with Gasteiger partial charge >= 0.3 is 0 Å². The van der Waals surface area contributed by atoms with Gasteiger partial charge in [-0.15, -0.1) is 0 Å². The van der Waals surface area contributed by atoms with Crippen molar-refractivity contribution in [3.8, 4) is 11.5 Å². The van der Waals surface area contributed by atoms with Crippen molar-refractivity contribution in [1.82, 2.24) is 5.32 Å². The maximum absolute atomic E-state index is 5.74. The third-order valence-corrected chi connectivity index (χ3v) is 3.45. The van der Waals surface area contributed by atoms with Crippen LogP contribution in [0.2, 0.25) is 0 Å². The summed E-state index contributed by atoms with van der Waals surface area (Å²) in [6, 6.07) is 6.09. The van der Waals surface area contributed by atoms with Crippen molar-refractivity contribution in [2.75, 3.05) is 20.3 Å². The standard InChI is InChI=1S/C14H21NO2/c1-4-17-13-10-11(16-3)6-7-12(13)14(2)8-5-9-15-14/h6-7,10,15H,4-5,8-9H2,1-3H3. The quantitative estimate of drug-likeness (QED) is 0.870. The average molecular weight is 235 g/mol. The SMILES string of the molecule is CCOc1cc(OC)ccc1C1(C)CCCN1. The number of ether oxygens (including phenoxy) is 2. The van der Waals surface area contributed by atoms with E-state index in [9.17, 15) is 0 Å². The summed E-state index contributed by atoms with van der Waals surface area (Å²) in [5.74, 6) is 1.78. The lowest BCUT2D eigenvalue weighted by molar-refractivity contribution is 0.316. The predicted molar refractivity (Wildman–Crippen MR) is 68.8 cm³/mol. The summed E-state index contributed by atoms with van der Waals surface area (Å²) in [5.41, 5.74) is 1.27. The molecule has 1 N–H and O–H groups in total. The van der Waals surface area contributed by atoms with Gasteiger partial charge in [0.1, 0.15) is 11.5 Å². The second-order valence-corrected chi connectivity index (χ2v) is 4.66. The third-order valence-electron chi connectivity index (χ3n) is 3.45. The zero-order chi connectivity index (χ0) is 12.3. The van der Waals surface area contributed by atoms with E-state index >= 15 is 0 Å². The molecule has 3 heteroatoms. The van der Waals surface area contributed by atoms with Gasteiger partial charge in [-0.2, -0.15) is 0 Å². The lowest BCUT2D eigenvalue weighted by Crippen LogP contribution is -2.33. The van der Waals surface area contributed by atoms with E-state index in [4.69, 9.17) is 9.47 Å². The maximum atomic E-state index is 5.74. The van der Waals surface area contributed by atoms with E-state index in [-0.39, 0.29) is 5.54 Å². The first-order valence-electron chi connectivity index (χ1n) is 6.26. The highest BCUT2D eigenvalue weighted by molar-refractivity contribution is 5.45. The number of benzene rings is 1. The average Bonchev–Trinajstić information content (AvgIpc) is 2.77. The molecule has 2 rings (SSSR count). The fourth-order valence-electron chi connectivity index (χ4n) is 2.48. The Kier molecular flexibility index (Phi) is 3.57. The van der Waals surface area contributed by atoms with Crippen LogP contribution in [0.1, 0.15) is 32.3 Å². The van der Waals surface area contributed by atoms with E-state index in [1.807, 2.05) is 19.1 Å². The lowest BCUT2D eigenvalue weighted by Gasteiger charge is -2.27. The first-order chi connectivity index (χ1) is 8.19. The molecule has 0 radical (unpaired) electrons. The summed E-state index contributed by atoms with van der Waals surface area (Å²) in [6.07, 6.45) is 2.37. The van der Waals surface area contributed by atoms with Gasteiger partial charge in [0.05, 0.1) is 13.7 Å². The van der Waals surface area contributed by atoms with E-state index in [0.29, 0.717) is 6.61 Å². The van der Waals surface area contributed by atoms with Crippen LogP contribution in [0.4, 0.5) is 0 Å². The van der Waals surface area contributed by atoms with Gasteiger partial charge in [0.25, 0.3) is 0 Å². The number of rotatable bonds is 4. The van der Waals surface area contributed by atoms with E-state index in [0.717, 1.165) is 24.5 Å². The van der Waals surface area contributed by atoms with Gasteiger partial charge < -0.3 is 14.8 Å². The van der Waals surface area contributed by atoms with Crippen LogP contribution in [0.5, 0.6) is 11.5 Å².